The van der Waals surface area contributed by atoms with E-state index >= 15 is 0 Å². The van der Waals surface area contributed by atoms with Gasteiger partial charge in [0.05, 0.1) is 5.56 Å². The van der Waals surface area contributed by atoms with E-state index in [0.29, 0.717) is 17.2 Å². The highest BCUT2D eigenvalue weighted by atomic mass is 19.1. The Morgan fingerprint density at radius 3 is 2.79 bits per heavy atom. The SMILES string of the molecule is Cc1onc(C(=O)N2CCC(C)CC2)c1COc1ccccc1F. The molecule has 0 spiro atoms. The highest BCUT2D eigenvalue weighted by molar-refractivity contribution is 5.93. The van der Waals surface area contributed by atoms with Gasteiger partial charge in [-0.15, -0.1) is 0 Å². The van der Waals surface area contributed by atoms with Crippen LogP contribution < -0.4 is 4.74 Å². The number of hydrogen-bond donors (Lipinski definition) is 0. The van der Waals surface area contributed by atoms with Crippen molar-refractivity contribution in [2.24, 2.45) is 5.92 Å². The van der Waals surface area contributed by atoms with Gasteiger partial charge >= 0.3 is 0 Å². The number of carbonyl (C=O) groups excluding carboxylic acids is 1. The smallest absolute Gasteiger partial charge is 0.276 e. The van der Waals surface area contributed by atoms with Crippen molar-refractivity contribution in [3.05, 3.63) is 47.1 Å². The van der Waals surface area contributed by atoms with Gasteiger partial charge in [-0.25, -0.2) is 4.39 Å². The molecule has 0 atom stereocenters. The Balaban J connectivity index is 1.74. The Labute approximate surface area is 140 Å². The first-order chi connectivity index (χ1) is 11.6. The number of carbonyl (C=O) groups is 1. The summed E-state index contributed by atoms with van der Waals surface area (Å²) >= 11 is 0. The van der Waals surface area contributed by atoms with Crippen molar-refractivity contribution < 1.29 is 18.4 Å². The van der Waals surface area contributed by atoms with E-state index in [2.05, 4.69) is 12.1 Å². The van der Waals surface area contributed by atoms with Gasteiger partial charge in [-0.3, -0.25) is 4.79 Å². The summed E-state index contributed by atoms with van der Waals surface area (Å²) in [6.45, 7) is 5.40. The van der Waals surface area contributed by atoms with Crippen LogP contribution >= 0.6 is 0 Å². The van der Waals surface area contributed by atoms with Gasteiger partial charge in [-0.05, 0) is 37.8 Å². The van der Waals surface area contributed by atoms with Crippen LogP contribution in [-0.2, 0) is 6.61 Å². The first-order valence-corrected chi connectivity index (χ1v) is 8.18. The molecule has 2 heterocycles. The zero-order chi connectivity index (χ0) is 17.1. The molecule has 2 aromatic rings. The van der Waals surface area contributed by atoms with Gasteiger partial charge in [0.15, 0.2) is 17.3 Å². The Morgan fingerprint density at radius 1 is 1.38 bits per heavy atom. The highest BCUT2D eigenvalue weighted by Gasteiger charge is 2.27. The van der Waals surface area contributed by atoms with Crippen molar-refractivity contribution in [3.63, 3.8) is 0 Å². The van der Waals surface area contributed by atoms with Crippen molar-refractivity contribution in [2.75, 3.05) is 13.1 Å². The van der Waals surface area contributed by atoms with Crippen molar-refractivity contribution in [1.29, 1.82) is 0 Å². The first kappa shape index (κ1) is 16.5. The zero-order valence-electron chi connectivity index (χ0n) is 13.9. The molecule has 1 aliphatic heterocycles. The van der Waals surface area contributed by atoms with E-state index in [1.54, 1.807) is 30.0 Å². The third-order valence-electron chi connectivity index (χ3n) is 4.47. The standard InChI is InChI=1S/C18H21FN2O3/c1-12-7-9-21(10-8-12)18(22)17-14(13(2)24-20-17)11-23-16-6-4-3-5-15(16)19/h3-6,12H,7-11H2,1-2H3. The van der Waals surface area contributed by atoms with Crippen LogP contribution in [0.1, 0.15) is 41.6 Å². The third-order valence-corrected chi connectivity index (χ3v) is 4.47. The molecule has 24 heavy (non-hydrogen) atoms. The van der Waals surface area contributed by atoms with Gasteiger partial charge < -0.3 is 14.2 Å². The summed E-state index contributed by atoms with van der Waals surface area (Å²) in [5.74, 6) is 0.704. The minimum Gasteiger partial charge on any atom is -0.486 e. The molecule has 1 aliphatic rings. The predicted molar refractivity (Wildman–Crippen MR) is 86.3 cm³/mol. The molecule has 0 aliphatic carbocycles. The molecule has 1 saturated heterocycles. The van der Waals surface area contributed by atoms with Crippen LogP contribution in [0, 0.1) is 18.7 Å². The molecule has 0 unspecified atom stereocenters. The molecule has 6 heteroatoms. The van der Waals surface area contributed by atoms with Gasteiger partial charge in [-0.1, -0.05) is 24.2 Å². The quantitative estimate of drug-likeness (QED) is 0.859. The lowest BCUT2D eigenvalue weighted by molar-refractivity contribution is 0.0684. The summed E-state index contributed by atoms with van der Waals surface area (Å²) in [5.41, 5.74) is 0.834. The number of nitrogens with zero attached hydrogens (tertiary/aromatic N) is 2. The average molecular weight is 332 g/mol. The van der Waals surface area contributed by atoms with Gasteiger partial charge in [0.1, 0.15) is 12.4 Å². The summed E-state index contributed by atoms with van der Waals surface area (Å²) in [5, 5.41) is 3.90. The molecule has 0 bridgehead atoms. The Bertz CT molecular complexity index is 721. The van der Waals surface area contributed by atoms with E-state index in [-0.39, 0.29) is 24.0 Å². The lowest BCUT2D eigenvalue weighted by atomic mass is 9.99. The number of likely N-dealkylation sites (tertiary alicyclic amines) is 1. The molecule has 1 aromatic heterocycles. The number of aryl methyl sites for hydroxylation is 1. The van der Waals surface area contributed by atoms with Crippen molar-refractivity contribution in [1.82, 2.24) is 10.1 Å². The number of halogens is 1. The maximum atomic E-state index is 13.7. The number of aromatic nitrogens is 1. The van der Waals surface area contributed by atoms with Crippen LogP contribution in [0.15, 0.2) is 28.8 Å². The van der Waals surface area contributed by atoms with Crippen LogP contribution in [0.3, 0.4) is 0 Å². The second-order valence-corrected chi connectivity index (χ2v) is 6.26. The number of piperidine rings is 1. The van der Waals surface area contributed by atoms with Crippen LogP contribution in [0.5, 0.6) is 5.75 Å². The Hall–Kier alpha value is -2.37. The molecular formula is C18H21FN2O3. The third kappa shape index (κ3) is 3.42. The number of amides is 1. The number of hydrogen-bond acceptors (Lipinski definition) is 4. The fourth-order valence-electron chi connectivity index (χ4n) is 2.80. The molecule has 0 saturated carbocycles. The van der Waals surface area contributed by atoms with Crippen LogP contribution in [0.4, 0.5) is 4.39 Å². The maximum absolute atomic E-state index is 13.7. The topological polar surface area (TPSA) is 55.6 Å². The summed E-state index contributed by atoms with van der Waals surface area (Å²) in [6.07, 6.45) is 1.98. The molecule has 1 fully saturated rings. The van der Waals surface area contributed by atoms with Crippen LogP contribution in [0.25, 0.3) is 0 Å². The van der Waals surface area contributed by atoms with Crippen molar-refractivity contribution >= 4 is 5.91 Å². The Morgan fingerprint density at radius 2 is 2.08 bits per heavy atom. The summed E-state index contributed by atoms with van der Waals surface area (Å²) < 4.78 is 24.4. The fourth-order valence-corrected chi connectivity index (χ4v) is 2.80. The lowest BCUT2D eigenvalue weighted by Crippen LogP contribution is -2.38. The first-order valence-electron chi connectivity index (χ1n) is 8.18. The van der Waals surface area contributed by atoms with E-state index in [4.69, 9.17) is 9.26 Å². The minimum atomic E-state index is -0.440. The van der Waals surface area contributed by atoms with E-state index in [0.717, 1.165) is 25.9 Å². The summed E-state index contributed by atoms with van der Waals surface area (Å²) in [6, 6.07) is 6.17. The largest absolute Gasteiger partial charge is 0.486 e. The van der Waals surface area contributed by atoms with Crippen LogP contribution in [0.2, 0.25) is 0 Å². The molecule has 1 amide bonds. The highest BCUT2D eigenvalue weighted by Crippen LogP contribution is 2.23. The normalized spacial score (nSPS) is 15.5. The van der Waals surface area contributed by atoms with E-state index in [1.165, 1.54) is 6.07 Å². The Kier molecular flexibility index (Phi) is 4.83. The number of ether oxygens (including phenoxy) is 1. The van der Waals surface area contributed by atoms with Gasteiger partial charge in [0.25, 0.3) is 5.91 Å². The number of rotatable bonds is 4. The second-order valence-electron chi connectivity index (χ2n) is 6.26. The van der Waals surface area contributed by atoms with Gasteiger partial charge in [0, 0.05) is 13.1 Å². The van der Waals surface area contributed by atoms with E-state index in [1.807, 2.05) is 0 Å². The number of benzene rings is 1. The molecule has 0 N–H and O–H groups in total. The minimum absolute atomic E-state index is 0.0432. The summed E-state index contributed by atoms with van der Waals surface area (Å²) in [4.78, 5) is 14.5. The van der Waals surface area contributed by atoms with Gasteiger partial charge in [-0.2, -0.15) is 0 Å². The summed E-state index contributed by atoms with van der Waals surface area (Å²) in [7, 11) is 0. The molecule has 1 aromatic carbocycles. The van der Waals surface area contributed by atoms with Gasteiger partial charge in [0.2, 0.25) is 0 Å². The lowest BCUT2D eigenvalue weighted by Gasteiger charge is -2.29. The van der Waals surface area contributed by atoms with E-state index in [9.17, 15) is 9.18 Å². The second kappa shape index (κ2) is 7.03. The fraction of sp³-hybridized carbons (Fsp3) is 0.444. The number of para-hydroxylation sites is 1. The van der Waals surface area contributed by atoms with Crippen molar-refractivity contribution in [3.8, 4) is 5.75 Å². The molecule has 5 nitrogen and oxygen atoms in total. The van der Waals surface area contributed by atoms with E-state index < -0.39 is 5.82 Å². The van der Waals surface area contributed by atoms with Crippen LogP contribution in [-0.4, -0.2) is 29.1 Å². The van der Waals surface area contributed by atoms with Crippen molar-refractivity contribution in [2.45, 2.75) is 33.3 Å². The molecular weight excluding hydrogens is 311 g/mol. The average Bonchev–Trinajstić information content (AvgIpc) is 2.95. The monoisotopic (exact) mass is 332 g/mol. The zero-order valence-corrected chi connectivity index (χ0v) is 13.9. The maximum Gasteiger partial charge on any atom is 0.276 e. The molecule has 3 rings (SSSR count). The predicted octanol–water partition coefficient (Wildman–Crippen LogP) is 3.57. The molecule has 0 radical (unpaired) electrons. The molecule has 128 valence electrons.